The summed E-state index contributed by atoms with van der Waals surface area (Å²) in [5.74, 6) is -0.760. The van der Waals surface area contributed by atoms with Crippen molar-refractivity contribution in [3.8, 4) is 44.5 Å². The number of fused-ring (bicyclic) bond motifs is 8. The van der Waals surface area contributed by atoms with Crippen LogP contribution in [0.3, 0.4) is 0 Å². The highest BCUT2D eigenvalue weighted by Crippen LogP contribution is 2.38. The molecule has 0 atom stereocenters. The lowest BCUT2D eigenvalue weighted by Crippen LogP contribution is -2.40. The maximum absolute atomic E-state index is 13.5. The van der Waals surface area contributed by atoms with Gasteiger partial charge in [0.2, 0.25) is 5.91 Å². The van der Waals surface area contributed by atoms with Crippen molar-refractivity contribution in [2.75, 3.05) is 72.8 Å². The van der Waals surface area contributed by atoms with Gasteiger partial charge < -0.3 is 49.8 Å². The van der Waals surface area contributed by atoms with E-state index in [4.69, 9.17) is 28.9 Å². The highest BCUT2D eigenvalue weighted by molar-refractivity contribution is 6.00. The normalized spacial score (nSPS) is 11.9. The third kappa shape index (κ3) is 15.2. The molecule has 5 N–H and O–H groups in total. The largest absolute Gasteiger partial charge is 0.469 e. The zero-order valence-electron chi connectivity index (χ0n) is 46.2. The smallest absolute Gasteiger partial charge is 0.407 e. The molecular weight excluding hydrogens is 1020 g/mol. The van der Waals surface area contributed by atoms with Crippen LogP contribution >= 0.6 is 0 Å². The molecule has 3 amide bonds. The number of benzene rings is 4. The average molecular weight is 1090 g/mol. The van der Waals surface area contributed by atoms with Crippen molar-refractivity contribution in [2.45, 2.75) is 39.2 Å². The fourth-order valence-electron chi connectivity index (χ4n) is 9.61. The molecule has 0 fully saturated rings. The van der Waals surface area contributed by atoms with Crippen molar-refractivity contribution < 1.29 is 38.1 Å². The highest BCUT2D eigenvalue weighted by Gasteiger charge is 2.21. The van der Waals surface area contributed by atoms with Crippen LogP contribution in [0, 0.1) is 0 Å². The Morgan fingerprint density at radius 1 is 0.481 bits per heavy atom. The van der Waals surface area contributed by atoms with Crippen LogP contribution in [0.2, 0.25) is 0 Å². The predicted octanol–water partition coefficient (Wildman–Crippen LogP) is 11.0. The number of alkyl carbamates (subject to hydrolysis) is 1. The number of aromatic amines is 2. The lowest BCUT2D eigenvalue weighted by atomic mass is 10.0. The van der Waals surface area contributed by atoms with Gasteiger partial charge in [0.15, 0.2) is 0 Å². The monoisotopic (exact) mass is 1090 g/mol. The molecular formula is C65H68N8O8. The van der Waals surface area contributed by atoms with Crippen molar-refractivity contribution in [1.29, 1.82) is 0 Å². The number of esters is 1. The Hall–Kier alpha value is -8.96. The van der Waals surface area contributed by atoms with Gasteiger partial charge in [0, 0.05) is 95.6 Å². The van der Waals surface area contributed by atoms with Crippen LogP contribution in [0.5, 0.6) is 0 Å². The maximum atomic E-state index is 13.5. The molecule has 7 aromatic rings. The highest BCUT2D eigenvalue weighted by atomic mass is 16.6. The summed E-state index contributed by atoms with van der Waals surface area (Å²) in [5.41, 5.74) is 14.4. The summed E-state index contributed by atoms with van der Waals surface area (Å²) in [5, 5.41) is 8.51. The number of nitrogens with one attached hydrogen (secondary N) is 5. The Labute approximate surface area is 471 Å². The predicted molar refractivity (Wildman–Crippen MR) is 320 cm³/mol. The van der Waals surface area contributed by atoms with E-state index in [1.807, 2.05) is 71.6 Å². The molecule has 16 nitrogen and oxygen atoms in total. The second-order valence-electron chi connectivity index (χ2n) is 20.4. The molecule has 16 heteroatoms. The average Bonchev–Trinajstić information content (AvgIpc) is 4.54. The minimum absolute atomic E-state index is 0.156. The van der Waals surface area contributed by atoms with Crippen LogP contribution in [0.25, 0.3) is 90.9 Å². The molecule has 0 saturated heterocycles. The van der Waals surface area contributed by atoms with Gasteiger partial charge >= 0.3 is 12.1 Å². The number of carbonyl (C=O) groups is 4. The molecule has 2 aliphatic heterocycles. The second kappa shape index (κ2) is 27.3. The van der Waals surface area contributed by atoms with Gasteiger partial charge in [-0.05, 0) is 104 Å². The molecule has 9 rings (SSSR count). The minimum atomic E-state index is -0.621. The summed E-state index contributed by atoms with van der Waals surface area (Å²) in [6.45, 7) is 8.60. The van der Waals surface area contributed by atoms with E-state index in [1.165, 1.54) is 7.11 Å². The van der Waals surface area contributed by atoms with Gasteiger partial charge in [-0.2, -0.15) is 0 Å². The molecule has 0 unspecified atom stereocenters. The summed E-state index contributed by atoms with van der Waals surface area (Å²) < 4.78 is 21.4. The number of carbonyl (C=O) groups excluding carboxylic acids is 4. The lowest BCUT2D eigenvalue weighted by molar-refractivity contribution is -0.141. The zero-order valence-corrected chi connectivity index (χ0v) is 46.2. The fourth-order valence-corrected chi connectivity index (χ4v) is 9.61. The maximum Gasteiger partial charge on any atom is 0.407 e. The van der Waals surface area contributed by atoms with E-state index in [2.05, 4.69) is 123 Å². The molecule has 3 aromatic heterocycles. The standard InChI is InChI=1S/C65H68N8O8/c1-65(2,3)81-64(77)68-34-39-73(38-33-58(75)78-4)37-32-57(74)66-35-40-79-42-43-80-41-36-67-63(76)48-22-20-47(21-23-48)62-55-30-28-53(71-55)60(45-16-10-6-11-17-45)51-26-24-49(69-51)59(44-14-8-5-9-15-44)50-25-27-52(70-50)61(46-18-12-7-13-19-46)54-29-31-56(62)72-54/h5-31,69,72H,32-43H2,1-4H3,(H,66,74)(H,67,76)(H,68,77). The van der Waals surface area contributed by atoms with Gasteiger partial charge in [0.25, 0.3) is 5.91 Å². The first-order chi connectivity index (χ1) is 39.4. The van der Waals surface area contributed by atoms with E-state index >= 15 is 0 Å². The SMILES string of the molecule is COC(=O)CCN(CCNC(=O)OC(C)(C)C)CCC(=O)NCCOCCOCCNC(=O)c1ccc(-c2c3nc(c(-c4ccccc4)c4ccc([nH]4)c(-c4ccccc4)c4nc(c(-c5ccccc5)c5ccc2[nH]5)C=C4)C=C3)cc1. The molecule has 5 heterocycles. The molecule has 0 radical (unpaired) electrons. The van der Waals surface area contributed by atoms with Crippen molar-refractivity contribution >= 4 is 70.2 Å². The topological polar surface area (TPSA) is 202 Å². The Kier molecular flexibility index (Phi) is 19.1. The van der Waals surface area contributed by atoms with Crippen LogP contribution in [0.1, 0.15) is 66.7 Å². The molecule has 416 valence electrons. The Balaban J connectivity index is 0.852. The number of rotatable bonds is 23. The van der Waals surface area contributed by atoms with E-state index in [0.29, 0.717) is 51.5 Å². The molecule has 0 spiro atoms. The van der Waals surface area contributed by atoms with E-state index < -0.39 is 11.7 Å². The first-order valence-corrected chi connectivity index (χ1v) is 27.3. The summed E-state index contributed by atoms with van der Waals surface area (Å²) in [4.78, 5) is 70.2. The van der Waals surface area contributed by atoms with E-state index in [1.54, 1.807) is 20.8 Å². The molecule has 0 saturated carbocycles. The number of hydrogen-bond acceptors (Lipinski definition) is 11. The van der Waals surface area contributed by atoms with Gasteiger partial charge in [-0.25, -0.2) is 14.8 Å². The van der Waals surface area contributed by atoms with E-state index in [0.717, 1.165) is 89.4 Å². The molecule has 0 aliphatic carbocycles. The molecule has 4 aromatic carbocycles. The quantitative estimate of drug-likeness (QED) is 0.0301. The number of nitrogens with zero attached hydrogens (tertiary/aromatic N) is 3. The van der Waals surface area contributed by atoms with E-state index in [9.17, 15) is 19.2 Å². The Bertz CT molecular complexity index is 3510. The number of ether oxygens (including phenoxy) is 4. The Morgan fingerprint density at radius 2 is 0.901 bits per heavy atom. The van der Waals surface area contributed by atoms with Crippen molar-refractivity contribution in [2.24, 2.45) is 0 Å². The number of H-pyrrole nitrogens is 2. The molecule has 81 heavy (non-hydrogen) atoms. The third-order valence-electron chi connectivity index (χ3n) is 13.5. The Morgan fingerprint density at radius 3 is 1.33 bits per heavy atom. The van der Waals surface area contributed by atoms with Gasteiger partial charge in [-0.3, -0.25) is 14.4 Å². The van der Waals surface area contributed by atoms with Gasteiger partial charge in [0.05, 0.1) is 62.7 Å². The van der Waals surface area contributed by atoms with Crippen LogP contribution in [-0.4, -0.2) is 127 Å². The van der Waals surface area contributed by atoms with Crippen molar-refractivity contribution in [1.82, 2.24) is 40.8 Å². The minimum Gasteiger partial charge on any atom is -0.469 e. The van der Waals surface area contributed by atoms with Crippen LogP contribution < -0.4 is 16.0 Å². The van der Waals surface area contributed by atoms with Crippen molar-refractivity contribution in [3.63, 3.8) is 0 Å². The summed E-state index contributed by atoms with van der Waals surface area (Å²) in [6, 6.07) is 46.9. The van der Waals surface area contributed by atoms with Gasteiger partial charge in [-0.1, -0.05) is 103 Å². The summed E-state index contributed by atoms with van der Waals surface area (Å²) in [7, 11) is 1.33. The van der Waals surface area contributed by atoms with E-state index in [-0.39, 0.29) is 50.4 Å². The van der Waals surface area contributed by atoms with Crippen LogP contribution in [0.4, 0.5) is 4.79 Å². The first-order valence-electron chi connectivity index (χ1n) is 27.3. The van der Waals surface area contributed by atoms with Crippen molar-refractivity contribution in [3.05, 3.63) is 168 Å². The number of aromatic nitrogens is 4. The summed E-state index contributed by atoms with van der Waals surface area (Å²) in [6.07, 6.45) is 8.13. The number of methoxy groups -OCH3 is 1. The summed E-state index contributed by atoms with van der Waals surface area (Å²) >= 11 is 0. The second-order valence-corrected chi connectivity index (χ2v) is 20.4. The zero-order chi connectivity index (χ0) is 56.6. The molecule has 2 aliphatic rings. The van der Waals surface area contributed by atoms with Crippen LogP contribution in [0.15, 0.2) is 140 Å². The van der Waals surface area contributed by atoms with Gasteiger partial charge in [-0.15, -0.1) is 0 Å². The lowest BCUT2D eigenvalue weighted by Gasteiger charge is -2.23. The number of amides is 3. The van der Waals surface area contributed by atoms with Gasteiger partial charge in [0.1, 0.15) is 5.60 Å². The fraction of sp³-hybridized carbons (Fsp3) is 0.262. The number of hydrogen-bond donors (Lipinski definition) is 5. The van der Waals surface area contributed by atoms with Crippen LogP contribution in [-0.2, 0) is 28.5 Å². The molecule has 8 bridgehead atoms. The first kappa shape index (κ1) is 56.7. The third-order valence-corrected chi connectivity index (χ3v) is 13.5.